The Morgan fingerprint density at radius 3 is 2.45 bits per heavy atom. The molecule has 0 heterocycles. The Hall–Kier alpha value is -1.47. The molecule has 22 heavy (non-hydrogen) atoms. The Labute approximate surface area is 139 Å². The van der Waals surface area contributed by atoms with E-state index in [1.165, 1.54) is 40.0 Å². The Kier molecular flexibility index (Phi) is 6.33. The van der Waals surface area contributed by atoms with Crippen LogP contribution in [0.1, 0.15) is 50.7 Å². The van der Waals surface area contributed by atoms with Crippen LogP contribution in [0.4, 0.5) is 0 Å². The topological polar surface area (TPSA) is 0 Å². The number of benzene rings is 2. The van der Waals surface area contributed by atoms with Crippen LogP contribution in [0.3, 0.4) is 0 Å². The summed E-state index contributed by atoms with van der Waals surface area (Å²) >= 11 is 1.80. The first-order valence-corrected chi connectivity index (χ1v) is 9.37. The Balaban J connectivity index is 2.60. The van der Waals surface area contributed by atoms with Crippen molar-refractivity contribution in [3.8, 4) is 11.1 Å². The van der Waals surface area contributed by atoms with E-state index in [1.54, 1.807) is 11.8 Å². The van der Waals surface area contributed by atoms with E-state index in [4.69, 9.17) is 0 Å². The molecule has 0 radical (unpaired) electrons. The molecule has 0 aliphatic carbocycles. The second kappa shape index (κ2) is 8.24. The molecule has 0 unspecified atom stereocenters. The summed E-state index contributed by atoms with van der Waals surface area (Å²) in [6.45, 7) is 6.65. The summed E-state index contributed by atoms with van der Waals surface area (Å²) in [6.07, 6.45) is 8.80. The van der Waals surface area contributed by atoms with Gasteiger partial charge < -0.3 is 0 Å². The minimum Gasteiger partial charge on any atom is -0.130 e. The summed E-state index contributed by atoms with van der Waals surface area (Å²) in [5.74, 6) is 0.632. The highest BCUT2D eigenvalue weighted by Gasteiger charge is 2.14. The zero-order valence-corrected chi connectivity index (χ0v) is 14.9. The third kappa shape index (κ3) is 3.84. The Morgan fingerprint density at radius 2 is 1.82 bits per heavy atom. The molecule has 0 saturated carbocycles. The Bertz CT molecular complexity index is 636. The standard InChI is InChI=1S/C21H26S/c1-5-9-16-12-13-20(17(6-2)7-3)21(14-16)18-10-8-11-19(15-18)22-4/h5,8-15,17H,6-7H2,1-4H3/b9-5+. The highest BCUT2D eigenvalue weighted by Crippen LogP contribution is 2.35. The highest BCUT2D eigenvalue weighted by atomic mass is 32.2. The summed E-state index contributed by atoms with van der Waals surface area (Å²) in [6, 6.07) is 15.8. The largest absolute Gasteiger partial charge is 0.130 e. The lowest BCUT2D eigenvalue weighted by atomic mass is 9.86. The van der Waals surface area contributed by atoms with Crippen molar-refractivity contribution in [2.45, 2.75) is 44.4 Å². The monoisotopic (exact) mass is 310 g/mol. The van der Waals surface area contributed by atoms with Crippen molar-refractivity contribution >= 4 is 17.8 Å². The maximum atomic E-state index is 2.34. The van der Waals surface area contributed by atoms with Gasteiger partial charge in [0.2, 0.25) is 0 Å². The zero-order valence-electron chi connectivity index (χ0n) is 14.1. The molecule has 2 aromatic rings. The molecule has 1 heteroatoms. The van der Waals surface area contributed by atoms with Crippen LogP contribution in [0, 0.1) is 0 Å². The SMILES string of the molecule is C/C=C/c1ccc(C(CC)CC)c(-c2cccc(SC)c2)c1. The molecule has 2 rings (SSSR count). The van der Waals surface area contributed by atoms with Crippen molar-refractivity contribution in [1.82, 2.24) is 0 Å². The van der Waals surface area contributed by atoms with Crippen LogP contribution >= 0.6 is 11.8 Å². The van der Waals surface area contributed by atoms with Gasteiger partial charge in [0.25, 0.3) is 0 Å². The smallest absolute Gasteiger partial charge is 0.00752 e. The minimum atomic E-state index is 0.632. The van der Waals surface area contributed by atoms with Gasteiger partial charge in [-0.05, 0) is 72.4 Å². The van der Waals surface area contributed by atoms with Gasteiger partial charge in [-0.3, -0.25) is 0 Å². The summed E-state index contributed by atoms with van der Waals surface area (Å²) < 4.78 is 0. The quantitative estimate of drug-likeness (QED) is 0.517. The molecule has 0 bridgehead atoms. The maximum Gasteiger partial charge on any atom is 0.00752 e. The van der Waals surface area contributed by atoms with Crippen LogP contribution in [0.2, 0.25) is 0 Å². The highest BCUT2D eigenvalue weighted by molar-refractivity contribution is 7.98. The number of hydrogen-bond acceptors (Lipinski definition) is 1. The summed E-state index contributed by atoms with van der Waals surface area (Å²) in [5, 5.41) is 0. The van der Waals surface area contributed by atoms with Gasteiger partial charge in [0.05, 0.1) is 0 Å². The van der Waals surface area contributed by atoms with Crippen LogP contribution in [0.5, 0.6) is 0 Å². The molecule has 0 aliphatic rings. The Morgan fingerprint density at radius 1 is 1.05 bits per heavy atom. The van der Waals surface area contributed by atoms with Crippen molar-refractivity contribution in [3.63, 3.8) is 0 Å². The van der Waals surface area contributed by atoms with Gasteiger partial charge in [0.15, 0.2) is 0 Å². The molecule has 0 atom stereocenters. The summed E-state index contributed by atoms with van der Waals surface area (Å²) in [5.41, 5.74) is 5.48. The van der Waals surface area contributed by atoms with Crippen LogP contribution < -0.4 is 0 Å². The van der Waals surface area contributed by atoms with Gasteiger partial charge in [-0.15, -0.1) is 11.8 Å². The molecule has 0 aliphatic heterocycles. The molecule has 0 spiro atoms. The lowest BCUT2D eigenvalue weighted by Gasteiger charge is -2.19. The lowest BCUT2D eigenvalue weighted by molar-refractivity contribution is 0.643. The molecule has 0 N–H and O–H groups in total. The molecule has 116 valence electrons. The van der Waals surface area contributed by atoms with E-state index in [0.29, 0.717) is 5.92 Å². The zero-order chi connectivity index (χ0) is 15.9. The lowest BCUT2D eigenvalue weighted by Crippen LogP contribution is -1.99. The van der Waals surface area contributed by atoms with Crippen molar-refractivity contribution in [2.24, 2.45) is 0 Å². The van der Waals surface area contributed by atoms with Gasteiger partial charge >= 0.3 is 0 Å². The van der Waals surface area contributed by atoms with Crippen molar-refractivity contribution in [3.05, 3.63) is 59.7 Å². The molecule has 0 amide bonds. The van der Waals surface area contributed by atoms with Crippen LogP contribution in [-0.4, -0.2) is 6.26 Å². The number of allylic oxidation sites excluding steroid dienone is 1. The third-order valence-corrected chi connectivity index (χ3v) is 4.97. The van der Waals surface area contributed by atoms with E-state index in [2.05, 4.69) is 81.6 Å². The number of thioether (sulfide) groups is 1. The molecule has 0 nitrogen and oxygen atoms in total. The first-order valence-electron chi connectivity index (χ1n) is 8.14. The molecular formula is C21H26S. The van der Waals surface area contributed by atoms with E-state index in [-0.39, 0.29) is 0 Å². The van der Waals surface area contributed by atoms with Crippen molar-refractivity contribution in [2.75, 3.05) is 6.26 Å². The fourth-order valence-electron chi connectivity index (χ4n) is 3.00. The van der Waals surface area contributed by atoms with E-state index >= 15 is 0 Å². The third-order valence-electron chi connectivity index (χ3n) is 4.24. The maximum absolute atomic E-state index is 2.34. The van der Waals surface area contributed by atoms with Crippen molar-refractivity contribution < 1.29 is 0 Å². The predicted octanol–water partition coefficient (Wildman–Crippen LogP) is 7.01. The van der Waals surface area contributed by atoms with Crippen molar-refractivity contribution in [1.29, 1.82) is 0 Å². The van der Waals surface area contributed by atoms with Crippen LogP contribution in [0.15, 0.2) is 53.4 Å². The first kappa shape index (κ1) is 16.9. The fraction of sp³-hybridized carbons (Fsp3) is 0.333. The summed E-state index contributed by atoms with van der Waals surface area (Å²) in [4.78, 5) is 1.32. The average Bonchev–Trinajstić information content (AvgIpc) is 2.57. The van der Waals surface area contributed by atoms with E-state index < -0.39 is 0 Å². The van der Waals surface area contributed by atoms with Gasteiger partial charge in [0.1, 0.15) is 0 Å². The molecule has 0 aromatic heterocycles. The normalized spacial score (nSPS) is 11.5. The van der Waals surface area contributed by atoms with E-state index in [9.17, 15) is 0 Å². The fourth-order valence-corrected chi connectivity index (χ4v) is 3.45. The average molecular weight is 311 g/mol. The van der Waals surface area contributed by atoms with Crippen LogP contribution in [-0.2, 0) is 0 Å². The number of hydrogen-bond donors (Lipinski definition) is 0. The van der Waals surface area contributed by atoms with E-state index in [0.717, 1.165) is 0 Å². The van der Waals surface area contributed by atoms with Gasteiger partial charge in [0, 0.05) is 4.90 Å². The second-order valence-corrected chi connectivity index (χ2v) is 6.47. The van der Waals surface area contributed by atoms with E-state index in [1.807, 2.05) is 0 Å². The molecule has 0 saturated heterocycles. The first-order chi connectivity index (χ1) is 10.7. The number of rotatable bonds is 6. The predicted molar refractivity (Wildman–Crippen MR) is 102 cm³/mol. The molecule has 0 fully saturated rings. The molecular weight excluding hydrogens is 284 g/mol. The minimum absolute atomic E-state index is 0.632. The van der Waals surface area contributed by atoms with Gasteiger partial charge in [-0.2, -0.15) is 0 Å². The second-order valence-electron chi connectivity index (χ2n) is 5.59. The summed E-state index contributed by atoms with van der Waals surface area (Å²) in [7, 11) is 0. The molecule has 2 aromatic carbocycles. The van der Waals surface area contributed by atoms with Gasteiger partial charge in [-0.25, -0.2) is 0 Å². The van der Waals surface area contributed by atoms with Crippen LogP contribution in [0.25, 0.3) is 17.2 Å². The van der Waals surface area contributed by atoms with Gasteiger partial charge in [-0.1, -0.05) is 50.3 Å².